The molecule has 1 amide bonds. The highest BCUT2D eigenvalue weighted by atomic mass is 35.5. The van der Waals surface area contributed by atoms with E-state index in [0.29, 0.717) is 10.6 Å². The third kappa shape index (κ3) is 4.84. The summed E-state index contributed by atoms with van der Waals surface area (Å²) in [5.74, 6) is -0.370. The number of para-hydroxylation sites is 1. The van der Waals surface area contributed by atoms with Gasteiger partial charge in [0.15, 0.2) is 0 Å². The van der Waals surface area contributed by atoms with Gasteiger partial charge in [-0.2, -0.15) is 0 Å². The van der Waals surface area contributed by atoms with Crippen molar-refractivity contribution in [3.63, 3.8) is 0 Å². The van der Waals surface area contributed by atoms with E-state index in [4.69, 9.17) is 11.6 Å². The lowest BCUT2D eigenvalue weighted by atomic mass is 10.2. The van der Waals surface area contributed by atoms with E-state index in [-0.39, 0.29) is 17.2 Å². The van der Waals surface area contributed by atoms with Gasteiger partial charge in [0.2, 0.25) is 0 Å². The van der Waals surface area contributed by atoms with E-state index in [1.165, 1.54) is 19.2 Å². The second kappa shape index (κ2) is 7.30. The van der Waals surface area contributed by atoms with Crippen LogP contribution in [0, 0.1) is 0 Å². The van der Waals surface area contributed by atoms with Gasteiger partial charge in [0.05, 0.1) is 16.7 Å². The first kappa shape index (κ1) is 17.1. The van der Waals surface area contributed by atoms with Crippen molar-refractivity contribution >= 4 is 39.3 Å². The predicted octanol–water partition coefficient (Wildman–Crippen LogP) is 3.11. The number of benzene rings is 2. The number of rotatable bonds is 5. The molecule has 0 saturated carbocycles. The van der Waals surface area contributed by atoms with E-state index in [0.717, 1.165) is 5.41 Å². The molecule has 23 heavy (non-hydrogen) atoms. The van der Waals surface area contributed by atoms with Gasteiger partial charge in [-0.15, -0.1) is 0 Å². The number of halogens is 1. The number of anilines is 1. The lowest BCUT2D eigenvalue weighted by Crippen LogP contribution is -2.20. The summed E-state index contributed by atoms with van der Waals surface area (Å²) in [6.07, 6.45) is 1.45. The third-order valence-electron chi connectivity index (χ3n) is 2.96. The Balaban J connectivity index is 2.22. The van der Waals surface area contributed by atoms with E-state index < -0.39 is 10.0 Å². The monoisotopic (exact) mass is 350 g/mol. The molecule has 0 saturated heterocycles. The number of hydrogen-bond donors (Lipinski definition) is 2. The Bertz CT molecular complexity index is 831. The zero-order valence-electron chi connectivity index (χ0n) is 12.3. The summed E-state index contributed by atoms with van der Waals surface area (Å²) in [6.45, 7) is 0. The highest BCUT2D eigenvalue weighted by Gasteiger charge is 2.13. The van der Waals surface area contributed by atoms with Gasteiger partial charge in [0, 0.05) is 12.1 Å². The van der Waals surface area contributed by atoms with Crippen molar-refractivity contribution in [2.45, 2.75) is 0 Å². The molecule has 5 nitrogen and oxygen atoms in total. The van der Waals surface area contributed by atoms with E-state index >= 15 is 0 Å². The minimum atomic E-state index is -3.75. The molecular formula is C16H15ClN2O3S. The molecule has 0 heterocycles. The molecule has 0 aromatic heterocycles. The van der Waals surface area contributed by atoms with Crippen LogP contribution in [0.5, 0.6) is 0 Å². The average Bonchev–Trinajstić information content (AvgIpc) is 2.54. The number of carbonyl (C=O) groups is 1. The van der Waals surface area contributed by atoms with Crippen LogP contribution in [0.3, 0.4) is 0 Å². The van der Waals surface area contributed by atoms with Crippen LogP contribution in [-0.2, 0) is 10.0 Å². The van der Waals surface area contributed by atoms with Crippen LogP contribution in [0.25, 0.3) is 6.08 Å². The third-order valence-corrected chi connectivity index (χ3v) is 4.21. The highest BCUT2D eigenvalue weighted by molar-refractivity contribution is 7.95. The van der Waals surface area contributed by atoms with Crippen LogP contribution in [0.15, 0.2) is 53.9 Å². The summed E-state index contributed by atoms with van der Waals surface area (Å²) in [4.78, 5) is 11.8. The van der Waals surface area contributed by atoms with Gasteiger partial charge < -0.3 is 5.32 Å². The molecule has 0 radical (unpaired) electrons. The molecular weight excluding hydrogens is 336 g/mol. The summed E-state index contributed by atoms with van der Waals surface area (Å²) in [5, 5.41) is 4.08. The van der Waals surface area contributed by atoms with E-state index in [1.54, 1.807) is 42.5 Å². The molecule has 2 N–H and O–H groups in total. The zero-order chi connectivity index (χ0) is 16.9. The molecule has 0 bridgehead atoms. The van der Waals surface area contributed by atoms with Crippen LogP contribution in [0.2, 0.25) is 5.02 Å². The molecule has 7 heteroatoms. The Hall–Kier alpha value is -2.31. The predicted molar refractivity (Wildman–Crippen MR) is 92.9 cm³/mol. The normalized spacial score (nSPS) is 11.4. The van der Waals surface area contributed by atoms with Crippen LogP contribution in [0.4, 0.5) is 5.69 Å². The second-order valence-electron chi connectivity index (χ2n) is 4.63. The maximum atomic E-state index is 12.1. The first-order valence-corrected chi connectivity index (χ1v) is 8.61. The van der Waals surface area contributed by atoms with Crippen LogP contribution < -0.4 is 10.0 Å². The summed E-state index contributed by atoms with van der Waals surface area (Å²) >= 11 is 5.78. The zero-order valence-corrected chi connectivity index (χ0v) is 13.9. The van der Waals surface area contributed by atoms with Gasteiger partial charge in [-0.3, -0.25) is 9.52 Å². The van der Waals surface area contributed by atoms with Crippen molar-refractivity contribution in [2.24, 2.45) is 0 Å². The molecule has 2 aromatic carbocycles. The molecule has 0 atom stereocenters. The molecule has 2 aromatic rings. The van der Waals surface area contributed by atoms with E-state index in [9.17, 15) is 13.2 Å². The fourth-order valence-corrected chi connectivity index (χ4v) is 2.85. The molecule has 0 unspecified atom stereocenters. The van der Waals surface area contributed by atoms with E-state index in [2.05, 4.69) is 10.0 Å². The Labute approximate surface area is 140 Å². The lowest BCUT2D eigenvalue weighted by molar-refractivity contribution is 0.0964. The lowest BCUT2D eigenvalue weighted by Gasteiger charge is -2.09. The van der Waals surface area contributed by atoms with Crippen LogP contribution in [-0.4, -0.2) is 21.4 Å². The quantitative estimate of drug-likeness (QED) is 0.870. The maximum Gasteiger partial charge on any atom is 0.255 e. The minimum Gasteiger partial charge on any atom is -0.355 e. The number of amides is 1. The Morgan fingerprint density at radius 3 is 2.39 bits per heavy atom. The summed E-state index contributed by atoms with van der Waals surface area (Å²) < 4.78 is 26.7. The van der Waals surface area contributed by atoms with Gasteiger partial charge in [0.25, 0.3) is 15.9 Å². The Morgan fingerprint density at radius 1 is 1.09 bits per heavy atom. The summed E-state index contributed by atoms with van der Waals surface area (Å²) in [6, 6.07) is 13.1. The molecule has 2 rings (SSSR count). The van der Waals surface area contributed by atoms with Crippen molar-refractivity contribution in [3.05, 3.63) is 70.1 Å². The summed E-state index contributed by atoms with van der Waals surface area (Å²) in [7, 11) is -2.27. The molecule has 0 aliphatic rings. The summed E-state index contributed by atoms with van der Waals surface area (Å²) in [5.41, 5.74) is 1.16. The first-order valence-electron chi connectivity index (χ1n) is 6.69. The number of nitrogens with one attached hydrogen (secondary N) is 2. The fraction of sp³-hybridized carbons (Fsp3) is 0.0625. The fourth-order valence-electron chi connectivity index (χ4n) is 1.83. The topological polar surface area (TPSA) is 75.3 Å². The smallest absolute Gasteiger partial charge is 0.255 e. The first-order chi connectivity index (χ1) is 10.9. The molecule has 0 aliphatic carbocycles. The largest absolute Gasteiger partial charge is 0.355 e. The van der Waals surface area contributed by atoms with E-state index in [1.807, 2.05) is 0 Å². The van der Waals surface area contributed by atoms with Crippen LogP contribution >= 0.6 is 11.6 Å². The minimum absolute atomic E-state index is 0.215. The SMILES string of the molecule is CNC(=O)c1ccccc1NS(=O)(=O)/C=C/c1ccc(Cl)cc1. The van der Waals surface area contributed by atoms with Gasteiger partial charge in [-0.05, 0) is 35.9 Å². The van der Waals surface area contributed by atoms with Crippen molar-refractivity contribution in [3.8, 4) is 0 Å². The molecule has 120 valence electrons. The second-order valence-corrected chi connectivity index (χ2v) is 6.63. The van der Waals surface area contributed by atoms with Gasteiger partial charge in [-0.25, -0.2) is 8.42 Å². The van der Waals surface area contributed by atoms with Crippen LogP contribution in [0.1, 0.15) is 15.9 Å². The molecule has 0 spiro atoms. The van der Waals surface area contributed by atoms with Gasteiger partial charge in [-0.1, -0.05) is 35.9 Å². The highest BCUT2D eigenvalue weighted by Crippen LogP contribution is 2.17. The van der Waals surface area contributed by atoms with Crippen molar-refractivity contribution in [2.75, 3.05) is 11.8 Å². The van der Waals surface area contributed by atoms with Crippen molar-refractivity contribution < 1.29 is 13.2 Å². The van der Waals surface area contributed by atoms with Gasteiger partial charge in [0.1, 0.15) is 0 Å². The van der Waals surface area contributed by atoms with Crippen molar-refractivity contribution in [1.82, 2.24) is 5.32 Å². The number of sulfonamides is 1. The molecule has 0 aliphatic heterocycles. The maximum absolute atomic E-state index is 12.1. The van der Waals surface area contributed by atoms with Gasteiger partial charge >= 0.3 is 0 Å². The number of hydrogen-bond acceptors (Lipinski definition) is 3. The van der Waals surface area contributed by atoms with Crippen molar-refractivity contribution in [1.29, 1.82) is 0 Å². The Morgan fingerprint density at radius 2 is 1.74 bits per heavy atom. The standard InChI is InChI=1S/C16H15ClN2O3S/c1-18-16(20)14-4-2-3-5-15(14)19-23(21,22)11-10-12-6-8-13(17)9-7-12/h2-11,19H,1H3,(H,18,20)/b11-10+. The average molecular weight is 351 g/mol. The number of carbonyl (C=O) groups excluding carboxylic acids is 1. The Kier molecular flexibility index (Phi) is 5.41. The molecule has 0 fully saturated rings.